The lowest BCUT2D eigenvalue weighted by Gasteiger charge is -2.19. The van der Waals surface area contributed by atoms with Crippen LogP contribution in [0.3, 0.4) is 0 Å². The second kappa shape index (κ2) is 6.93. The highest BCUT2D eigenvalue weighted by Crippen LogP contribution is 2.31. The fourth-order valence-electron chi connectivity index (χ4n) is 2.13. The van der Waals surface area contributed by atoms with Crippen molar-refractivity contribution in [1.82, 2.24) is 10.3 Å². The topological polar surface area (TPSA) is 34.2 Å². The standard InChI is InChI=1S/C15H16Cl2N2O/c1-18-13(11-6-4-8-19-15(11)20-2)9-10-5-3-7-12(16)14(10)17/h3-8,13,18H,9H2,1-2H3. The summed E-state index contributed by atoms with van der Waals surface area (Å²) < 4.78 is 5.31. The average Bonchev–Trinajstić information content (AvgIpc) is 2.49. The molecule has 1 aromatic carbocycles. The summed E-state index contributed by atoms with van der Waals surface area (Å²) in [7, 11) is 3.51. The zero-order valence-electron chi connectivity index (χ0n) is 11.4. The first-order valence-corrected chi connectivity index (χ1v) is 7.02. The van der Waals surface area contributed by atoms with E-state index in [9.17, 15) is 0 Å². The van der Waals surface area contributed by atoms with Gasteiger partial charge in [-0.05, 0) is 31.2 Å². The van der Waals surface area contributed by atoms with Gasteiger partial charge in [-0.2, -0.15) is 0 Å². The van der Waals surface area contributed by atoms with E-state index in [1.54, 1.807) is 19.4 Å². The Morgan fingerprint density at radius 3 is 2.75 bits per heavy atom. The molecule has 2 rings (SSSR count). The van der Waals surface area contributed by atoms with Crippen molar-refractivity contribution in [3.8, 4) is 5.88 Å². The first kappa shape index (κ1) is 15.1. The van der Waals surface area contributed by atoms with E-state index in [0.29, 0.717) is 22.3 Å². The minimum atomic E-state index is 0.0506. The lowest BCUT2D eigenvalue weighted by atomic mass is 10.00. The van der Waals surface area contributed by atoms with Gasteiger partial charge in [-0.1, -0.05) is 41.4 Å². The summed E-state index contributed by atoms with van der Waals surface area (Å²) in [5.41, 5.74) is 1.98. The monoisotopic (exact) mass is 310 g/mol. The highest BCUT2D eigenvalue weighted by Gasteiger charge is 2.17. The normalized spacial score (nSPS) is 12.2. The Morgan fingerprint density at radius 2 is 2.05 bits per heavy atom. The van der Waals surface area contributed by atoms with Crippen molar-refractivity contribution < 1.29 is 4.74 Å². The van der Waals surface area contributed by atoms with E-state index in [2.05, 4.69) is 10.3 Å². The number of ether oxygens (including phenoxy) is 1. The van der Waals surface area contributed by atoms with Crippen molar-refractivity contribution in [3.05, 3.63) is 57.7 Å². The number of pyridine rings is 1. The molecule has 0 aliphatic carbocycles. The predicted molar refractivity (Wildman–Crippen MR) is 82.8 cm³/mol. The molecule has 106 valence electrons. The molecule has 0 bridgehead atoms. The number of nitrogens with zero attached hydrogens (tertiary/aromatic N) is 1. The third-order valence-corrected chi connectivity index (χ3v) is 4.03. The number of nitrogens with one attached hydrogen (secondary N) is 1. The molecule has 0 spiro atoms. The molecule has 1 aromatic heterocycles. The van der Waals surface area contributed by atoms with Crippen LogP contribution in [0.25, 0.3) is 0 Å². The van der Waals surface area contributed by atoms with Crippen molar-refractivity contribution in [3.63, 3.8) is 0 Å². The lowest BCUT2D eigenvalue weighted by molar-refractivity contribution is 0.384. The summed E-state index contributed by atoms with van der Waals surface area (Å²) >= 11 is 12.3. The van der Waals surface area contributed by atoms with Crippen LogP contribution in [0.4, 0.5) is 0 Å². The summed E-state index contributed by atoms with van der Waals surface area (Å²) in [6, 6.07) is 9.59. The lowest BCUT2D eigenvalue weighted by Crippen LogP contribution is -2.20. The van der Waals surface area contributed by atoms with E-state index in [0.717, 1.165) is 11.1 Å². The number of hydrogen-bond acceptors (Lipinski definition) is 3. The van der Waals surface area contributed by atoms with Crippen molar-refractivity contribution in [2.75, 3.05) is 14.2 Å². The summed E-state index contributed by atoms with van der Waals surface area (Å²) in [6.07, 6.45) is 2.42. The molecule has 3 nitrogen and oxygen atoms in total. The maximum Gasteiger partial charge on any atom is 0.217 e. The molecule has 0 radical (unpaired) electrons. The fraction of sp³-hybridized carbons (Fsp3) is 0.267. The van der Waals surface area contributed by atoms with Gasteiger partial charge in [0.15, 0.2) is 0 Å². The van der Waals surface area contributed by atoms with Gasteiger partial charge >= 0.3 is 0 Å². The first-order chi connectivity index (χ1) is 9.67. The molecule has 20 heavy (non-hydrogen) atoms. The molecule has 1 heterocycles. The zero-order chi connectivity index (χ0) is 14.5. The van der Waals surface area contributed by atoms with Gasteiger partial charge in [-0.25, -0.2) is 4.98 Å². The van der Waals surface area contributed by atoms with Crippen LogP contribution in [0.5, 0.6) is 5.88 Å². The largest absolute Gasteiger partial charge is 0.481 e. The zero-order valence-corrected chi connectivity index (χ0v) is 12.9. The number of aromatic nitrogens is 1. The summed E-state index contributed by atoms with van der Waals surface area (Å²) in [6.45, 7) is 0. The van der Waals surface area contributed by atoms with E-state index in [1.807, 2.05) is 31.3 Å². The Balaban J connectivity index is 2.31. The molecular weight excluding hydrogens is 295 g/mol. The van der Waals surface area contributed by atoms with E-state index >= 15 is 0 Å². The molecular formula is C15H16Cl2N2O. The number of methoxy groups -OCH3 is 1. The minimum absolute atomic E-state index is 0.0506. The number of rotatable bonds is 5. The van der Waals surface area contributed by atoms with Gasteiger partial charge in [-0.15, -0.1) is 0 Å². The van der Waals surface area contributed by atoms with Crippen LogP contribution >= 0.6 is 23.2 Å². The van der Waals surface area contributed by atoms with E-state index < -0.39 is 0 Å². The number of halogens is 2. The molecule has 2 aromatic rings. The smallest absolute Gasteiger partial charge is 0.217 e. The molecule has 0 saturated carbocycles. The van der Waals surface area contributed by atoms with Crippen LogP contribution in [0.1, 0.15) is 17.2 Å². The SMILES string of the molecule is CNC(Cc1cccc(Cl)c1Cl)c1cccnc1OC. The predicted octanol–water partition coefficient (Wildman–Crippen LogP) is 3.90. The van der Waals surface area contributed by atoms with Crippen molar-refractivity contribution in [2.45, 2.75) is 12.5 Å². The summed E-state index contributed by atoms with van der Waals surface area (Å²) in [4.78, 5) is 4.23. The first-order valence-electron chi connectivity index (χ1n) is 6.26. The highest BCUT2D eigenvalue weighted by atomic mass is 35.5. The minimum Gasteiger partial charge on any atom is -0.481 e. The number of benzene rings is 1. The average molecular weight is 311 g/mol. The number of likely N-dealkylation sites (N-methyl/N-ethyl adjacent to an activating group) is 1. The number of hydrogen-bond donors (Lipinski definition) is 1. The van der Waals surface area contributed by atoms with Gasteiger partial charge in [0.2, 0.25) is 5.88 Å². The molecule has 5 heteroatoms. The third-order valence-electron chi connectivity index (χ3n) is 3.17. The fourth-order valence-corrected chi connectivity index (χ4v) is 2.53. The van der Waals surface area contributed by atoms with Crippen LogP contribution in [0.2, 0.25) is 10.0 Å². The van der Waals surface area contributed by atoms with E-state index in [1.165, 1.54) is 0 Å². The van der Waals surface area contributed by atoms with Gasteiger partial charge in [0.1, 0.15) is 0 Å². The van der Waals surface area contributed by atoms with Crippen LogP contribution in [0, 0.1) is 0 Å². The van der Waals surface area contributed by atoms with Crippen LogP contribution < -0.4 is 10.1 Å². The summed E-state index contributed by atoms with van der Waals surface area (Å²) in [5, 5.41) is 4.43. The van der Waals surface area contributed by atoms with E-state index in [4.69, 9.17) is 27.9 Å². The Labute approximate surface area is 128 Å². The molecule has 1 atom stereocenters. The van der Waals surface area contributed by atoms with Gasteiger partial charge in [0.25, 0.3) is 0 Å². The second-order valence-electron chi connectivity index (χ2n) is 4.36. The van der Waals surface area contributed by atoms with Crippen molar-refractivity contribution in [2.24, 2.45) is 0 Å². The molecule has 0 fully saturated rings. The van der Waals surface area contributed by atoms with Gasteiger partial charge < -0.3 is 10.1 Å². The van der Waals surface area contributed by atoms with Gasteiger partial charge in [0, 0.05) is 17.8 Å². The molecule has 0 aliphatic heterocycles. The van der Waals surface area contributed by atoms with E-state index in [-0.39, 0.29) is 6.04 Å². The second-order valence-corrected chi connectivity index (χ2v) is 5.15. The van der Waals surface area contributed by atoms with Gasteiger partial charge in [-0.3, -0.25) is 0 Å². The van der Waals surface area contributed by atoms with Crippen molar-refractivity contribution >= 4 is 23.2 Å². The Morgan fingerprint density at radius 1 is 1.25 bits per heavy atom. The maximum absolute atomic E-state index is 6.25. The molecule has 0 amide bonds. The molecule has 0 aliphatic rings. The van der Waals surface area contributed by atoms with Gasteiger partial charge in [0.05, 0.1) is 17.2 Å². The Hall–Kier alpha value is -1.29. The highest BCUT2D eigenvalue weighted by molar-refractivity contribution is 6.42. The molecule has 0 saturated heterocycles. The van der Waals surface area contributed by atoms with Crippen LogP contribution in [0.15, 0.2) is 36.5 Å². The summed E-state index contributed by atoms with van der Waals surface area (Å²) in [5.74, 6) is 0.616. The Kier molecular flexibility index (Phi) is 5.24. The Bertz CT molecular complexity index is 590. The quantitative estimate of drug-likeness (QED) is 0.909. The molecule has 1 unspecified atom stereocenters. The third kappa shape index (κ3) is 3.23. The van der Waals surface area contributed by atoms with Crippen LogP contribution in [-0.4, -0.2) is 19.1 Å². The molecule has 1 N–H and O–H groups in total. The van der Waals surface area contributed by atoms with Crippen LogP contribution in [-0.2, 0) is 6.42 Å². The maximum atomic E-state index is 6.25. The van der Waals surface area contributed by atoms with Crippen molar-refractivity contribution in [1.29, 1.82) is 0 Å².